The van der Waals surface area contributed by atoms with Gasteiger partial charge in [0.25, 0.3) is 0 Å². The van der Waals surface area contributed by atoms with E-state index in [0.29, 0.717) is 13.2 Å². The summed E-state index contributed by atoms with van der Waals surface area (Å²) in [4.78, 5) is 13.4. The zero-order valence-corrected chi connectivity index (χ0v) is 9.67. The number of rotatable bonds is 6. The van der Waals surface area contributed by atoms with E-state index in [9.17, 15) is 4.79 Å². The van der Waals surface area contributed by atoms with Crippen LogP contribution in [0.2, 0.25) is 0 Å². The summed E-state index contributed by atoms with van der Waals surface area (Å²) >= 11 is 0. The molecule has 0 saturated heterocycles. The molecule has 0 unspecified atom stereocenters. The van der Waals surface area contributed by atoms with Crippen molar-refractivity contribution in [2.24, 2.45) is 5.41 Å². The van der Waals surface area contributed by atoms with Crippen LogP contribution in [0.25, 0.3) is 0 Å². The van der Waals surface area contributed by atoms with E-state index < -0.39 is 0 Å². The van der Waals surface area contributed by atoms with Crippen LogP contribution < -0.4 is 0 Å². The molecule has 0 aliphatic carbocycles. The Bertz CT molecular complexity index is 199. The number of hydrogen-bond donors (Lipinski definition) is 0. The van der Waals surface area contributed by atoms with Gasteiger partial charge in [-0.1, -0.05) is 13.5 Å². The maximum Gasteiger partial charge on any atom is 0.311 e. The van der Waals surface area contributed by atoms with Crippen molar-refractivity contribution < 1.29 is 9.53 Å². The van der Waals surface area contributed by atoms with Crippen molar-refractivity contribution in [2.45, 2.75) is 27.2 Å². The molecule has 0 radical (unpaired) electrons. The number of likely N-dealkylation sites (N-methyl/N-ethyl adjacent to an activating group) is 1. The third kappa shape index (κ3) is 4.30. The Morgan fingerprint density at radius 2 is 2.14 bits per heavy atom. The fourth-order valence-electron chi connectivity index (χ4n) is 0.713. The molecule has 0 aliphatic heterocycles. The highest BCUT2D eigenvalue weighted by Gasteiger charge is 2.26. The number of ether oxygens (including phenoxy) is 1. The monoisotopic (exact) mass is 199 g/mol. The predicted molar refractivity (Wildman–Crippen MR) is 57.9 cm³/mol. The normalized spacial score (nSPS) is 10.9. The lowest BCUT2D eigenvalue weighted by Gasteiger charge is -2.21. The fourth-order valence-corrected chi connectivity index (χ4v) is 0.713. The van der Waals surface area contributed by atoms with E-state index in [1.165, 1.54) is 0 Å². The highest BCUT2D eigenvalue weighted by molar-refractivity contribution is 5.75. The molecule has 0 aromatic carbocycles. The molecule has 0 aromatic rings. The van der Waals surface area contributed by atoms with Gasteiger partial charge in [-0.2, -0.15) is 0 Å². The molecule has 0 aliphatic rings. The first kappa shape index (κ1) is 13.0. The molecule has 0 bridgehead atoms. The third-order valence-corrected chi connectivity index (χ3v) is 2.43. The van der Waals surface area contributed by atoms with Crippen LogP contribution in [0.15, 0.2) is 12.8 Å². The summed E-state index contributed by atoms with van der Waals surface area (Å²) in [5.74, 6) is -0.127. The van der Waals surface area contributed by atoms with E-state index in [2.05, 4.69) is 6.58 Å². The zero-order valence-electron chi connectivity index (χ0n) is 9.67. The lowest BCUT2D eigenvalue weighted by Crippen LogP contribution is -2.28. The lowest BCUT2D eigenvalue weighted by atomic mass is 9.91. The average molecular weight is 199 g/mol. The van der Waals surface area contributed by atoms with Crippen molar-refractivity contribution in [1.29, 1.82) is 0 Å². The molecule has 0 saturated carbocycles. The molecule has 0 fully saturated rings. The molecule has 0 heterocycles. The summed E-state index contributed by atoms with van der Waals surface area (Å²) in [6, 6.07) is 0. The predicted octanol–water partition coefficient (Wildman–Crippen LogP) is 2.04. The molecule has 3 heteroatoms. The van der Waals surface area contributed by atoms with Crippen molar-refractivity contribution in [3.8, 4) is 0 Å². The maximum atomic E-state index is 11.5. The molecule has 0 N–H and O–H groups in total. The van der Waals surface area contributed by atoms with Crippen molar-refractivity contribution >= 4 is 5.97 Å². The van der Waals surface area contributed by atoms with Crippen molar-refractivity contribution in [3.63, 3.8) is 0 Å². The van der Waals surface area contributed by atoms with E-state index in [4.69, 9.17) is 4.74 Å². The Hall–Kier alpha value is -0.990. The van der Waals surface area contributed by atoms with Crippen molar-refractivity contribution in [3.05, 3.63) is 12.8 Å². The first-order valence-electron chi connectivity index (χ1n) is 4.94. The molecule has 0 amide bonds. The first-order valence-corrected chi connectivity index (χ1v) is 4.94. The van der Waals surface area contributed by atoms with Gasteiger partial charge in [-0.05, 0) is 26.5 Å². The molecule has 3 nitrogen and oxygen atoms in total. The van der Waals surface area contributed by atoms with Gasteiger partial charge in [0.05, 0.1) is 12.0 Å². The lowest BCUT2D eigenvalue weighted by molar-refractivity contribution is -0.154. The van der Waals surface area contributed by atoms with Crippen LogP contribution in [0, 0.1) is 5.41 Å². The zero-order chi connectivity index (χ0) is 11.2. The first-order chi connectivity index (χ1) is 6.44. The minimum Gasteiger partial charge on any atom is -0.463 e. The van der Waals surface area contributed by atoms with Crippen LogP contribution in [-0.4, -0.2) is 31.1 Å². The SMILES string of the molecule is C=CN(C)CCOC(=O)C(C)(C)CC. The summed E-state index contributed by atoms with van der Waals surface area (Å²) < 4.78 is 5.14. The quantitative estimate of drug-likeness (QED) is 0.613. The van der Waals surface area contributed by atoms with E-state index in [0.717, 1.165) is 6.42 Å². The molecule has 14 heavy (non-hydrogen) atoms. The topological polar surface area (TPSA) is 29.5 Å². The van der Waals surface area contributed by atoms with Crippen molar-refractivity contribution in [1.82, 2.24) is 4.90 Å². The van der Waals surface area contributed by atoms with Crippen LogP contribution in [0.5, 0.6) is 0 Å². The molecular formula is C11H21NO2. The Morgan fingerprint density at radius 1 is 1.57 bits per heavy atom. The smallest absolute Gasteiger partial charge is 0.311 e. The van der Waals surface area contributed by atoms with E-state index in [1.54, 1.807) is 6.20 Å². The number of carbonyl (C=O) groups is 1. The van der Waals surface area contributed by atoms with Gasteiger partial charge in [-0.15, -0.1) is 0 Å². The van der Waals surface area contributed by atoms with Gasteiger partial charge < -0.3 is 9.64 Å². The number of hydrogen-bond acceptors (Lipinski definition) is 3. The Kier molecular flexibility index (Phi) is 5.28. The van der Waals surface area contributed by atoms with Gasteiger partial charge in [0.15, 0.2) is 0 Å². The van der Waals surface area contributed by atoms with Crippen LogP contribution in [-0.2, 0) is 9.53 Å². The van der Waals surface area contributed by atoms with Gasteiger partial charge in [0.2, 0.25) is 0 Å². The summed E-state index contributed by atoms with van der Waals surface area (Å²) in [6.45, 7) is 10.5. The number of nitrogens with zero attached hydrogens (tertiary/aromatic N) is 1. The molecular weight excluding hydrogens is 178 g/mol. The highest BCUT2D eigenvalue weighted by atomic mass is 16.5. The molecule has 0 spiro atoms. The van der Waals surface area contributed by atoms with Crippen LogP contribution in [0.3, 0.4) is 0 Å². The minimum absolute atomic E-state index is 0.127. The van der Waals surface area contributed by atoms with Crippen LogP contribution in [0.1, 0.15) is 27.2 Å². The largest absolute Gasteiger partial charge is 0.463 e. The van der Waals surface area contributed by atoms with Gasteiger partial charge in [-0.3, -0.25) is 4.79 Å². The minimum atomic E-state index is -0.368. The Morgan fingerprint density at radius 3 is 2.57 bits per heavy atom. The Balaban J connectivity index is 3.80. The molecule has 0 rings (SSSR count). The third-order valence-electron chi connectivity index (χ3n) is 2.43. The summed E-state index contributed by atoms with van der Waals surface area (Å²) in [5.41, 5.74) is -0.368. The summed E-state index contributed by atoms with van der Waals surface area (Å²) in [5, 5.41) is 0. The number of carbonyl (C=O) groups excluding carboxylic acids is 1. The van der Waals surface area contributed by atoms with Crippen LogP contribution >= 0.6 is 0 Å². The fraction of sp³-hybridized carbons (Fsp3) is 0.727. The van der Waals surface area contributed by atoms with Gasteiger partial charge in [0.1, 0.15) is 6.61 Å². The molecule has 0 aromatic heterocycles. The summed E-state index contributed by atoms with van der Waals surface area (Å²) in [6.07, 6.45) is 2.50. The van der Waals surface area contributed by atoms with Gasteiger partial charge >= 0.3 is 5.97 Å². The highest BCUT2D eigenvalue weighted by Crippen LogP contribution is 2.21. The maximum absolute atomic E-state index is 11.5. The Labute approximate surface area is 86.7 Å². The van der Waals surface area contributed by atoms with Gasteiger partial charge in [-0.25, -0.2) is 0 Å². The second kappa shape index (κ2) is 5.68. The standard InChI is InChI=1S/C11H21NO2/c1-6-11(3,4)10(13)14-9-8-12(5)7-2/h7H,2,6,8-9H2,1,3-5H3. The van der Waals surface area contributed by atoms with E-state index in [1.807, 2.05) is 32.7 Å². The van der Waals surface area contributed by atoms with Crippen LogP contribution in [0.4, 0.5) is 0 Å². The summed E-state index contributed by atoms with van der Waals surface area (Å²) in [7, 11) is 1.89. The van der Waals surface area contributed by atoms with E-state index >= 15 is 0 Å². The average Bonchev–Trinajstić information content (AvgIpc) is 2.17. The number of esters is 1. The molecule has 82 valence electrons. The van der Waals surface area contributed by atoms with Crippen molar-refractivity contribution in [2.75, 3.05) is 20.2 Å². The molecule has 0 atom stereocenters. The van der Waals surface area contributed by atoms with Gasteiger partial charge in [0, 0.05) is 7.05 Å². The second-order valence-electron chi connectivity index (χ2n) is 4.04. The second-order valence-corrected chi connectivity index (χ2v) is 4.04. The van der Waals surface area contributed by atoms with E-state index in [-0.39, 0.29) is 11.4 Å².